The summed E-state index contributed by atoms with van der Waals surface area (Å²) in [4.78, 5) is 29.2. The fraction of sp³-hybridized carbons (Fsp3) is 0.250. The van der Waals surface area contributed by atoms with Gasteiger partial charge in [-0.3, -0.25) is 4.57 Å². The van der Waals surface area contributed by atoms with Gasteiger partial charge in [0.1, 0.15) is 0 Å². The van der Waals surface area contributed by atoms with Gasteiger partial charge in [0.15, 0.2) is 0 Å². The third kappa shape index (κ3) is 3.75. The van der Waals surface area contributed by atoms with Gasteiger partial charge >= 0.3 is 13.6 Å². The molecule has 0 saturated carbocycles. The first-order chi connectivity index (χ1) is 8.67. The Morgan fingerprint density at radius 1 is 1.37 bits per heavy atom. The van der Waals surface area contributed by atoms with E-state index in [0.29, 0.717) is 12.0 Å². The predicted molar refractivity (Wildman–Crippen MR) is 70.5 cm³/mol. The summed E-state index contributed by atoms with van der Waals surface area (Å²) in [5.74, 6) is -1.76. The van der Waals surface area contributed by atoms with E-state index in [9.17, 15) is 9.36 Å². The number of carboxylic acid groups (broad SMARTS) is 1. The van der Waals surface area contributed by atoms with E-state index in [1.807, 2.05) is 30.3 Å². The molecule has 1 aromatic rings. The van der Waals surface area contributed by atoms with E-state index in [1.165, 1.54) is 0 Å². The second kappa shape index (κ2) is 5.67. The van der Waals surface area contributed by atoms with Crippen LogP contribution in [0.15, 0.2) is 42.0 Å². The number of carbonyl (C=O) groups is 1. The molecule has 0 heterocycles. The Kier molecular flexibility index (Phi) is 4.66. The molecule has 6 nitrogen and oxygen atoms in total. The number of aliphatic carboxylic acids is 1. The van der Waals surface area contributed by atoms with E-state index in [0.717, 1.165) is 11.6 Å². The lowest BCUT2D eigenvalue weighted by atomic mass is 10.0. The lowest BCUT2D eigenvalue weighted by Crippen LogP contribution is -2.46. The van der Waals surface area contributed by atoms with Gasteiger partial charge in [0.25, 0.3) is 0 Å². The summed E-state index contributed by atoms with van der Waals surface area (Å²) in [7, 11) is -5.00. The molecule has 0 fully saturated rings. The molecule has 0 aliphatic carbocycles. The molecule has 0 aliphatic rings. The van der Waals surface area contributed by atoms with Crippen LogP contribution >= 0.6 is 7.60 Å². The SMILES string of the molecule is C/C(=C\C(N)(C(=O)O)P(=O)(O)O)Cc1ccccc1. The molecule has 1 aromatic carbocycles. The molecule has 0 saturated heterocycles. The highest BCUT2D eigenvalue weighted by Crippen LogP contribution is 2.48. The number of nitrogens with two attached hydrogens (primary N) is 1. The molecule has 0 bridgehead atoms. The van der Waals surface area contributed by atoms with Crippen LogP contribution in [0.3, 0.4) is 0 Å². The Hall–Kier alpha value is -1.46. The first-order valence-electron chi connectivity index (χ1n) is 5.47. The van der Waals surface area contributed by atoms with Gasteiger partial charge in [-0.2, -0.15) is 0 Å². The van der Waals surface area contributed by atoms with Crippen molar-refractivity contribution in [2.24, 2.45) is 5.73 Å². The molecule has 1 atom stereocenters. The van der Waals surface area contributed by atoms with E-state index in [2.05, 4.69) is 0 Å². The van der Waals surface area contributed by atoms with E-state index >= 15 is 0 Å². The Labute approximate surface area is 110 Å². The van der Waals surface area contributed by atoms with Crippen LogP contribution in [-0.2, 0) is 15.8 Å². The van der Waals surface area contributed by atoms with Crippen LogP contribution in [-0.4, -0.2) is 26.1 Å². The highest BCUT2D eigenvalue weighted by molar-refractivity contribution is 7.55. The third-order valence-corrected chi connectivity index (χ3v) is 3.90. The zero-order valence-corrected chi connectivity index (χ0v) is 11.2. The second-order valence-corrected chi connectivity index (χ2v) is 6.16. The van der Waals surface area contributed by atoms with Crippen molar-refractivity contribution in [1.29, 1.82) is 0 Å². The number of benzene rings is 1. The number of allylic oxidation sites excluding steroid dienone is 1. The number of hydrogen-bond donors (Lipinski definition) is 4. The molecule has 0 radical (unpaired) electrons. The zero-order chi connectivity index (χ0) is 14.7. The van der Waals surface area contributed by atoms with Crippen molar-refractivity contribution in [2.75, 3.05) is 0 Å². The van der Waals surface area contributed by atoms with Crippen molar-refractivity contribution in [2.45, 2.75) is 18.6 Å². The second-order valence-electron chi connectivity index (χ2n) is 4.33. The van der Waals surface area contributed by atoms with Gasteiger partial charge in [-0.05, 0) is 25.0 Å². The molecule has 19 heavy (non-hydrogen) atoms. The Morgan fingerprint density at radius 3 is 2.32 bits per heavy atom. The van der Waals surface area contributed by atoms with Gasteiger partial charge < -0.3 is 20.6 Å². The van der Waals surface area contributed by atoms with Crippen LogP contribution in [0.5, 0.6) is 0 Å². The maximum atomic E-state index is 11.2. The standard InChI is InChI=1S/C12H16NO5P/c1-9(7-10-5-3-2-4-6-10)8-12(13,11(14)15)19(16,17)18/h2-6,8H,7,13H2,1H3,(H,14,15)(H2,16,17,18)/b9-8+. The quantitative estimate of drug-likeness (QED) is 0.474. The summed E-state index contributed by atoms with van der Waals surface area (Å²) in [5, 5.41) is 6.23. The van der Waals surface area contributed by atoms with Gasteiger partial charge in [0, 0.05) is 0 Å². The van der Waals surface area contributed by atoms with Crippen molar-refractivity contribution in [3.05, 3.63) is 47.5 Å². The van der Waals surface area contributed by atoms with Gasteiger partial charge in [0.2, 0.25) is 5.28 Å². The van der Waals surface area contributed by atoms with E-state index in [4.69, 9.17) is 20.6 Å². The minimum Gasteiger partial charge on any atom is -0.479 e. The van der Waals surface area contributed by atoms with Crippen LogP contribution in [0.1, 0.15) is 12.5 Å². The molecular formula is C12H16NO5P. The predicted octanol–water partition coefficient (Wildman–Crippen LogP) is 1.09. The van der Waals surface area contributed by atoms with Gasteiger partial charge in [0.05, 0.1) is 0 Å². The van der Waals surface area contributed by atoms with Crippen LogP contribution < -0.4 is 5.73 Å². The molecule has 1 unspecified atom stereocenters. The normalized spacial score (nSPS) is 15.9. The monoisotopic (exact) mass is 285 g/mol. The maximum absolute atomic E-state index is 11.2. The molecule has 0 amide bonds. The van der Waals surface area contributed by atoms with Crippen molar-refractivity contribution < 1.29 is 24.3 Å². The summed E-state index contributed by atoms with van der Waals surface area (Å²) >= 11 is 0. The maximum Gasteiger partial charge on any atom is 0.360 e. The van der Waals surface area contributed by atoms with Gasteiger partial charge in [-0.1, -0.05) is 35.9 Å². The minimum absolute atomic E-state index is 0.368. The zero-order valence-electron chi connectivity index (χ0n) is 10.4. The third-order valence-electron chi connectivity index (χ3n) is 2.62. The highest BCUT2D eigenvalue weighted by atomic mass is 31.2. The molecular weight excluding hydrogens is 269 g/mol. The fourth-order valence-corrected chi connectivity index (χ4v) is 2.25. The van der Waals surface area contributed by atoms with Crippen molar-refractivity contribution in [3.8, 4) is 0 Å². The summed E-state index contributed by atoms with van der Waals surface area (Å²) in [6.45, 7) is 1.58. The number of carboxylic acids is 1. The molecule has 5 N–H and O–H groups in total. The molecule has 0 aliphatic heterocycles. The van der Waals surface area contributed by atoms with Gasteiger partial charge in [-0.15, -0.1) is 0 Å². The number of rotatable bonds is 5. The molecule has 0 aromatic heterocycles. The van der Waals surface area contributed by atoms with Crippen LogP contribution in [0, 0.1) is 0 Å². The van der Waals surface area contributed by atoms with Crippen LogP contribution in [0.4, 0.5) is 0 Å². The van der Waals surface area contributed by atoms with Crippen molar-refractivity contribution in [1.82, 2.24) is 0 Å². The molecule has 7 heteroatoms. The highest BCUT2D eigenvalue weighted by Gasteiger charge is 2.49. The molecule has 0 spiro atoms. The fourth-order valence-electron chi connectivity index (χ4n) is 1.61. The topological polar surface area (TPSA) is 121 Å². The average molecular weight is 285 g/mol. The summed E-state index contributed by atoms with van der Waals surface area (Å²) in [6, 6.07) is 9.13. The molecule has 1 rings (SSSR count). The lowest BCUT2D eigenvalue weighted by Gasteiger charge is -2.22. The van der Waals surface area contributed by atoms with E-state index < -0.39 is 18.8 Å². The van der Waals surface area contributed by atoms with E-state index in [1.54, 1.807) is 6.92 Å². The van der Waals surface area contributed by atoms with E-state index in [-0.39, 0.29) is 0 Å². The summed E-state index contributed by atoms with van der Waals surface area (Å²) < 4.78 is 11.2. The first-order valence-corrected chi connectivity index (χ1v) is 7.08. The smallest absolute Gasteiger partial charge is 0.360 e. The summed E-state index contributed by atoms with van der Waals surface area (Å²) in [5.41, 5.74) is 6.70. The van der Waals surface area contributed by atoms with Gasteiger partial charge in [-0.25, -0.2) is 4.79 Å². The largest absolute Gasteiger partial charge is 0.479 e. The first kappa shape index (κ1) is 15.6. The Balaban J connectivity index is 3.05. The van der Waals surface area contributed by atoms with Crippen molar-refractivity contribution in [3.63, 3.8) is 0 Å². The lowest BCUT2D eigenvalue weighted by molar-refractivity contribution is -0.139. The van der Waals surface area contributed by atoms with Crippen LogP contribution in [0.25, 0.3) is 0 Å². The van der Waals surface area contributed by atoms with Crippen molar-refractivity contribution >= 4 is 13.6 Å². The Bertz CT molecular complexity index is 536. The molecule has 104 valence electrons. The van der Waals surface area contributed by atoms with Crippen LogP contribution in [0.2, 0.25) is 0 Å². The summed E-state index contributed by atoms with van der Waals surface area (Å²) in [6.07, 6.45) is 1.29. The Morgan fingerprint density at radius 2 is 1.89 bits per heavy atom. The minimum atomic E-state index is -5.00. The average Bonchev–Trinajstić information content (AvgIpc) is 2.28. The number of hydrogen-bond acceptors (Lipinski definition) is 3.